The number of para-hydroxylation sites is 1. The molecule has 0 bridgehead atoms. The molecule has 0 amide bonds. The van der Waals surface area contributed by atoms with E-state index in [0.29, 0.717) is 29.9 Å². The molecule has 0 aliphatic rings. The van der Waals surface area contributed by atoms with Gasteiger partial charge in [0.1, 0.15) is 6.61 Å². The van der Waals surface area contributed by atoms with Gasteiger partial charge in [0.05, 0.1) is 14.2 Å². The Morgan fingerprint density at radius 2 is 1.63 bits per heavy atom. The molecule has 19 heavy (non-hydrogen) atoms. The molecule has 0 aliphatic heterocycles. The topological polar surface area (TPSA) is 39.7 Å². The van der Waals surface area contributed by atoms with Crippen LogP contribution in [0.4, 0.5) is 0 Å². The summed E-state index contributed by atoms with van der Waals surface area (Å²) in [6.07, 6.45) is 2.27. The Kier molecular flexibility index (Phi) is 7.11. The van der Waals surface area contributed by atoms with Crippen molar-refractivity contribution < 1.29 is 14.2 Å². The second-order valence-electron chi connectivity index (χ2n) is 4.31. The molecular weight excluding hydrogens is 242 g/mol. The second kappa shape index (κ2) is 8.64. The molecule has 1 N–H and O–H groups in total. The van der Waals surface area contributed by atoms with E-state index in [-0.39, 0.29) is 0 Å². The molecule has 0 aromatic heterocycles. The van der Waals surface area contributed by atoms with Crippen molar-refractivity contribution >= 4 is 0 Å². The van der Waals surface area contributed by atoms with E-state index >= 15 is 0 Å². The van der Waals surface area contributed by atoms with Gasteiger partial charge in [0, 0.05) is 12.6 Å². The van der Waals surface area contributed by atoms with Crippen molar-refractivity contribution in [2.24, 2.45) is 0 Å². The van der Waals surface area contributed by atoms with Gasteiger partial charge in [0.2, 0.25) is 5.75 Å². The summed E-state index contributed by atoms with van der Waals surface area (Å²) in [5, 5.41) is 3.46. The van der Waals surface area contributed by atoms with Crippen molar-refractivity contribution in [1.29, 1.82) is 0 Å². The fraction of sp³-hybridized carbons (Fsp3) is 0.600. The molecule has 0 heterocycles. The average molecular weight is 267 g/mol. The Bertz CT molecular complexity index is 342. The van der Waals surface area contributed by atoms with Crippen LogP contribution in [-0.4, -0.2) is 33.4 Å². The van der Waals surface area contributed by atoms with E-state index in [2.05, 4.69) is 19.2 Å². The molecule has 1 aromatic carbocycles. The van der Waals surface area contributed by atoms with Crippen LogP contribution in [-0.2, 0) is 0 Å². The predicted molar refractivity (Wildman–Crippen MR) is 77.4 cm³/mol. The Hall–Kier alpha value is -1.42. The summed E-state index contributed by atoms with van der Waals surface area (Å²) in [4.78, 5) is 0. The maximum absolute atomic E-state index is 5.78. The maximum atomic E-state index is 5.78. The van der Waals surface area contributed by atoms with Crippen LogP contribution in [0.3, 0.4) is 0 Å². The quantitative estimate of drug-likeness (QED) is 0.698. The zero-order chi connectivity index (χ0) is 14.1. The Balaban J connectivity index is 2.52. The third-order valence-electron chi connectivity index (χ3n) is 3.15. The normalized spacial score (nSPS) is 10.6. The van der Waals surface area contributed by atoms with Crippen molar-refractivity contribution in [2.45, 2.75) is 32.7 Å². The third kappa shape index (κ3) is 4.63. The highest BCUT2D eigenvalue weighted by Crippen LogP contribution is 2.36. The van der Waals surface area contributed by atoms with E-state index in [1.807, 2.05) is 18.2 Å². The first-order valence-corrected chi connectivity index (χ1v) is 6.83. The summed E-state index contributed by atoms with van der Waals surface area (Å²) < 4.78 is 16.3. The first-order valence-electron chi connectivity index (χ1n) is 6.83. The fourth-order valence-electron chi connectivity index (χ4n) is 1.95. The summed E-state index contributed by atoms with van der Waals surface area (Å²) >= 11 is 0. The van der Waals surface area contributed by atoms with Crippen molar-refractivity contribution in [3.63, 3.8) is 0 Å². The number of rotatable bonds is 9. The van der Waals surface area contributed by atoms with Gasteiger partial charge in [0.15, 0.2) is 11.5 Å². The summed E-state index contributed by atoms with van der Waals surface area (Å²) in [5.41, 5.74) is 0. The molecule has 0 unspecified atom stereocenters. The molecular formula is C15H25NO3. The van der Waals surface area contributed by atoms with Crippen LogP contribution in [0.2, 0.25) is 0 Å². The second-order valence-corrected chi connectivity index (χ2v) is 4.31. The van der Waals surface area contributed by atoms with Crippen LogP contribution in [0, 0.1) is 0 Å². The highest BCUT2D eigenvalue weighted by atomic mass is 16.5. The largest absolute Gasteiger partial charge is 0.493 e. The fourth-order valence-corrected chi connectivity index (χ4v) is 1.95. The lowest BCUT2D eigenvalue weighted by molar-refractivity contribution is 0.267. The van der Waals surface area contributed by atoms with E-state index in [1.165, 1.54) is 0 Å². The van der Waals surface area contributed by atoms with Crippen LogP contribution in [0.15, 0.2) is 18.2 Å². The molecule has 0 spiro atoms. The minimum atomic E-state index is 0.558. The maximum Gasteiger partial charge on any atom is 0.203 e. The smallest absolute Gasteiger partial charge is 0.203 e. The van der Waals surface area contributed by atoms with Crippen molar-refractivity contribution in [3.8, 4) is 17.2 Å². The summed E-state index contributed by atoms with van der Waals surface area (Å²) in [7, 11) is 3.26. The molecule has 0 fully saturated rings. The van der Waals surface area contributed by atoms with Crippen LogP contribution in [0.25, 0.3) is 0 Å². The van der Waals surface area contributed by atoms with E-state index in [1.54, 1.807) is 14.2 Å². The van der Waals surface area contributed by atoms with E-state index in [9.17, 15) is 0 Å². The van der Waals surface area contributed by atoms with E-state index in [0.717, 1.165) is 19.4 Å². The van der Waals surface area contributed by atoms with Gasteiger partial charge < -0.3 is 19.5 Å². The summed E-state index contributed by atoms with van der Waals surface area (Å²) in [6.45, 7) is 5.78. The summed E-state index contributed by atoms with van der Waals surface area (Å²) in [5.74, 6) is 2.06. The average Bonchev–Trinajstić information content (AvgIpc) is 2.47. The molecule has 0 saturated heterocycles. The van der Waals surface area contributed by atoms with Crippen LogP contribution in [0.1, 0.15) is 26.7 Å². The molecule has 1 rings (SSSR count). The molecule has 1 aromatic rings. The lowest BCUT2D eigenvalue weighted by atomic mass is 10.2. The van der Waals surface area contributed by atoms with Gasteiger partial charge in [-0.2, -0.15) is 0 Å². The van der Waals surface area contributed by atoms with Gasteiger partial charge in [-0.25, -0.2) is 0 Å². The monoisotopic (exact) mass is 267 g/mol. The number of benzene rings is 1. The first kappa shape index (κ1) is 15.6. The number of nitrogens with one attached hydrogen (secondary N) is 1. The number of hydrogen-bond donors (Lipinski definition) is 1. The van der Waals surface area contributed by atoms with Gasteiger partial charge in [-0.05, 0) is 25.0 Å². The van der Waals surface area contributed by atoms with Gasteiger partial charge in [-0.3, -0.25) is 0 Å². The lowest BCUT2D eigenvalue weighted by Gasteiger charge is -2.17. The number of methoxy groups -OCH3 is 2. The van der Waals surface area contributed by atoms with Crippen molar-refractivity contribution in [2.75, 3.05) is 27.4 Å². The standard InChI is InChI=1S/C15H25NO3/c1-5-12(6-2)16-10-11-19-15-13(17-3)8-7-9-14(15)18-4/h7-9,12,16H,5-6,10-11H2,1-4H3. The van der Waals surface area contributed by atoms with E-state index < -0.39 is 0 Å². The Labute approximate surface area is 116 Å². The van der Waals surface area contributed by atoms with Crippen LogP contribution >= 0.6 is 0 Å². The molecule has 0 atom stereocenters. The minimum Gasteiger partial charge on any atom is -0.493 e. The number of ether oxygens (including phenoxy) is 3. The van der Waals surface area contributed by atoms with Crippen molar-refractivity contribution in [3.05, 3.63) is 18.2 Å². The highest BCUT2D eigenvalue weighted by molar-refractivity contribution is 5.51. The SMILES string of the molecule is CCC(CC)NCCOc1c(OC)cccc1OC. The third-order valence-corrected chi connectivity index (χ3v) is 3.15. The Morgan fingerprint density at radius 1 is 1.05 bits per heavy atom. The van der Waals surface area contributed by atoms with E-state index in [4.69, 9.17) is 14.2 Å². The van der Waals surface area contributed by atoms with Crippen LogP contribution < -0.4 is 19.5 Å². The predicted octanol–water partition coefficient (Wildman–Crippen LogP) is 2.86. The van der Waals surface area contributed by atoms with Gasteiger partial charge >= 0.3 is 0 Å². The highest BCUT2D eigenvalue weighted by Gasteiger charge is 2.11. The lowest BCUT2D eigenvalue weighted by Crippen LogP contribution is -2.31. The minimum absolute atomic E-state index is 0.558. The molecule has 0 aliphatic carbocycles. The molecule has 108 valence electrons. The molecule has 0 radical (unpaired) electrons. The summed E-state index contributed by atoms with van der Waals surface area (Å²) in [6, 6.07) is 6.17. The van der Waals surface area contributed by atoms with Gasteiger partial charge in [-0.1, -0.05) is 19.9 Å². The molecule has 4 nitrogen and oxygen atoms in total. The zero-order valence-corrected chi connectivity index (χ0v) is 12.4. The zero-order valence-electron chi connectivity index (χ0n) is 12.4. The first-order chi connectivity index (χ1) is 9.26. The molecule has 0 saturated carbocycles. The van der Waals surface area contributed by atoms with Gasteiger partial charge in [-0.15, -0.1) is 0 Å². The Morgan fingerprint density at radius 3 is 2.11 bits per heavy atom. The van der Waals surface area contributed by atoms with Crippen molar-refractivity contribution in [1.82, 2.24) is 5.32 Å². The van der Waals surface area contributed by atoms with Gasteiger partial charge in [0.25, 0.3) is 0 Å². The number of hydrogen-bond acceptors (Lipinski definition) is 4. The molecule has 4 heteroatoms. The van der Waals surface area contributed by atoms with Crippen LogP contribution in [0.5, 0.6) is 17.2 Å².